The van der Waals surface area contributed by atoms with Gasteiger partial charge < -0.3 is 10.1 Å². The third kappa shape index (κ3) is 5.74. The van der Waals surface area contributed by atoms with Crippen LogP contribution < -0.4 is 10.1 Å². The number of amides is 1. The van der Waals surface area contributed by atoms with Crippen molar-refractivity contribution in [2.75, 3.05) is 6.54 Å². The smallest absolute Gasteiger partial charge is 0.416 e. The topological polar surface area (TPSA) is 38.3 Å². The van der Waals surface area contributed by atoms with Crippen LogP contribution in [0, 0.1) is 0 Å². The van der Waals surface area contributed by atoms with Gasteiger partial charge in [-0.2, -0.15) is 22.0 Å². The summed E-state index contributed by atoms with van der Waals surface area (Å²) in [6, 6.07) is 9.85. The Morgan fingerprint density at radius 3 is 2.12 bits per heavy atom. The highest BCUT2D eigenvalue weighted by Gasteiger charge is 2.29. The van der Waals surface area contributed by atoms with Crippen molar-refractivity contribution in [1.82, 2.24) is 5.32 Å². The van der Waals surface area contributed by atoms with E-state index in [0.29, 0.717) is 12.0 Å². The number of hydrogen-bond acceptors (Lipinski definition) is 2. The number of carbonyl (C=O) groups is 1. The summed E-state index contributed by atoms with van der Waals surface area (Å²) in [5, 5.41) is 2.60. The van der Waals surface area contributed by atoms with Crippen LogP contribution in [0.4, 0.5) is 22.0 Å². The average Bonchev–Trinajstić information content (AvgIpc) is 2.54. The maximum absolute atomic E-state index is 12.5. The van der Waals surface area contributed by atoms with E-state index in [-0.39, 0.29) is 17.9 Å². The van der Waals surface area contributed by atoms with Crippen LogP contribution in [0.3, 0.4) is 0 Å². The molecule has 0 unspecified atom stereocenters. The molecule has 134 valence electrons. The molecule has 0 spiro atoms. The van der Waals surface area contributed by atoms with Gasteiger partial charge in [-0.1, -0.05) is 12.1 Å². The lowest BCUT2D eigenvalue weighted by atomic mass is 10.1. The molecule has 0 aliphatic carbocycles. The monoisotopic (exact) mass is 359 g/mol. The van der Waals surface area contributed by atoms with E-state index in [1.54, 1.807) is 0 Å². The van der Waals surface area contributed by atoms with Crippen LogP contribution in [-0.2, 0) is 12.6 Å². The molecule has 0 aliphatic heterocycles. The highest BCUT2D eigenvalue weighted by molar-refractivity contribution is 5.94. The van der Waals surface area contributed by atoms with Crippen molar-refractivity contribution in [2.24, 2.45) is 0 Å². The lowest BCUT2D eigenvalue weighted by Gasteiger charge is -2.09. The highest BCUT2D eigenvalue weighted by atomic mass is 19.4. The maximum atomic E-state index is 12.5. The van der Waals surface area contributed by atoms with E-state index in [2.05, 4.69) is 10.1 Å². The molecule has 1 N–H and O–H groups in total. The quantitative estimate of drug-likeness (QED) is 0.782. The first-order chi connectivity index (χ1) is 11.8. The van der Waals surface area contributed by atoms with Crippen molar-refractivity contribution in [2.45, 2.75) is 19.2 Å². The van der Waals surface area contributed by atoms with Crippen molar-refractivity contribution >= 4 is 5.91 Å². The van der Waals surface area contributed by atoms with Crippen LogP contribution >= 0.6 is 0 Å². The number of nitrogens with one attached hydrogen (secondary N) is 1. The van der Waals surface area contributed by atoms with Gasteiger partial charge in [-0.3, -0.25) is 4.79 Å². The fourth-order valence-corrected chi connectivity index (χ4v) is 2.07. The molecule has 0 aliphatic rings. The lowest BCUT2D eigenvalue weighted by Crippen LogP contribution is -2.25. The Morgan fingerprint density at radius 1 is 1.00 bits per heavy atom. The molecule has 2 aromatic rings. The average molecular weight is 359 g/mol. The Hall–Kier alpha value is -2.64. The van der Waals surface area contributed by atoms with Crippen LogP contribution in [0.2, 0.25) is 0 Å². The number of ether oxygens (including phenoxy) is 1. The van der Waals surface area contributed by atoms with Gasteiger partial charge >= 0.3 is 12.8 Å². The molecule has 0 fully saturated rings. The first-order valence-corrected chi connectivity index (χ1v) is 7.25. The summed E-state index contributed by atoms with van der Waals surface area (Å²) >= 11 is 0. The highest BCUT2D eigenvalue weighted by Crippen LogP contribution is 2.29. The van der Waals surface area contributed by atoms with E-state index in [4.69, 9.17) is 0 Å². The predicted molar refractivity (Wildman–Crippen MR) is 80.6 cm³/mol. The number of carbonyl (C=O) groups excluding carboxylic acids is 1. The van der Waals surface area contributed by atoms with Gasteiger partial charge in [-0.15, -0.1) is 0 Å². The Labute approximate surface area is 140 Å². The molecule has 0 saturated carbocycles. The zero-order valence-corrected chi connectivity index (χ0v) is 12.8. The van der Waals surface area contributed by atoms with Gasteiger partial charge in [-0.05, 0) is 48.4 Å². The van der Waals surface area contributed by atoms with Gasteiger partial charge in [-0.25, -0.2) is 0 Å². The molecule has 8 heteroatoms. The third-order valence-corrected chi connectivity index (χ3v) is 3.32. The van der Waals surface area contributed by atoms with Crippen LogP contribution in [0.1, 0.15) is 21.5 Å². The van der Waals surface area contributed by atoms with Gasteiger partial charge in [0.25, 0.3) is 5.91 Å². The number of hydrogen-bond donors (Lipinski definition) is 1. The van der Waals surface area contributed by atoms with Gasteiger partial charge in [0.05, 0.1) is 5.56 Å². The Kier molecular flexibility index (Phi) is 5.95. The summed E-state index contributed by atoms with van der Waals surface area (Å²) < 4.78 is 65.6. The molecular weight excluding hydrogens is 345 g/mol. The van der Waals surface area contributed by atoms with Gasteiger partial charge in [0.1, 0.15) is 5.75 Å². The molecule has 3 nitrogen and oxygen atoms in total. The molecule has 0 aromatic heterocycles. The van der Waals surface area contributed by atoms with Gasteiger partial charge in [0.15, 0.2) is 0 Å². The molecule has 0 heterocycles. The molecular formula is C17H14F5NO2. The first-order valence-electron chi connectivity index (χ1n) is 7.25. The normalized spacial score (nSPS) is 11.4. The summed E-state index contributed by atoms with van der Waals surface area (Å²) in [7, 11) is 0. The summed E-state index contributed by atoms with van der Waals surface area (Å²) in [5.41, 5.74) is 0.175. The van der Waals surface area contributed by atoms with Crippen molar-refractivity contribution in [3.8, 4) is 5.75 Å². The van der Waals surface area contributed by atoms with Gasteiger partial charge in [0.2, 0.25) is 0 Å². The van der Waals surface area contributed by atoms with E-state index in [9.17, 15) is 26.7 Å². The van der Waals surface area contributed by atoms with E-state index >= 15 is 0 Å². The summed E-state index contributed by atoms with van der Waals surface area (Å²) in [6.45, 7) is -2.72. The van der Waals surface area contributed by atoms with E-state index in [0.717, 1.165) is 12.1 Å². The van der Waals surface area contributed by atoms with E-state index in [1.165, 1.54) is 36.4 Å². The number of benzene rings is 2. The molecule has 2 rings (SSSR count). The maximum Gasteiger partial charge on any atom is 0.416 e. The Morgan fingerprint density at radius 2 is 1.60 bits per heavy atom. The second-order valence-electron chi connectivity index (χ2n) is 5.10. The van der Waals surface area contributed by atoms with Crippen molar-refractivity contribution in [3.05, 3.63) is 65.2 Å². The lowest BCUT2D eigenvalue weighted by molar-refractivity contribution is -0.137. The van der Waals surface area contributed by atoms with Crippen LogP contribution in [0.15, 0.2) is 48.5 Å². The molecule has 2 aromatic carbocycles. The van der Waals surface area contributed by atoms with Crippen LogP contribution in [-0.4, -0.2) is 19.1 Å². The van der Waals surface area contributed by atoms with Crippen molar-refractivity contribution in [1.29, 1.82) is 0 Å². The summed E-state index contributed by atoms with van der Waals surface area (Å²) in [6.07, 6.45) is -4.02. The summed E-state index contributed by atoms with van der Waals surface area (Å²) in [5.74, 6) is -0.480. The van der Waals surface area contributed by atoms with Crippen molar-refractivity contribution in [3.63, 3.8) is 0 Å². The number of alkyl halides is 5. The second kappa shape index (κ2) is 7.96. The zero-order valence-electron chi connectivity index (χ0n) is 12.8. The van der Waals surface area contributed by atoms with Crippen molar-refractivity contribution < 1.29 is 31.5 Å². The standard InChI is InChI=1S/C17H14F5NO2/c18-16(19)25-14-7-3-12(4-8-14)15(24)23-10-9-11-1-5-13(6-2-11)17(20,21)22/h1-8,16H,9-10H2,(H,23,24). The summed E-state index contributed by atoms with van der Waals surface area (Å²) in [4.78, 5) is 11.9. The van der Waals surface area contributed by atoms with Crippen LogP contribution in [0.5, 0.6) is 5.75 Å². The van der Waals surface area contributed by atoms with Gasteiger partial charge in [0, 0.05) is 12.1 Å². The first kappa shape index (κ1) is 18.7. The molecule has 0 bridgehead atoms. The number of halogens is 5. The van der Waals surface area contributed by atoms with E-state index in [1.807, 2.05) is 0 Å². The Balaban J connectivity index is 1.84. The minimum Gasteiger partial charge on any atom is -0.435 e. The minimum absolute atomic E-state index is 0.0590. The minimum atomic E-state index is -4.38. The number of rotatable bonds is 6. The fourth-order valence-electron chi connectivity index (χ4n) is 2.07. The second-order valence-corrected chi connectivity index (χ2v) is 5.10. The Bertz CT molecular complexity index is 696. The van der Waals surface area contributed by atoms with Crippen LogP contribution in [0.25, 0.3) is 0 Å². The SMILES string of the molecule is O=C(NCCc1ccc(C(F)(F)F)cc1)c1ccc(OC(F)F)cc1. The third-order valence-electron chi connectivity index (χ3n) is 3.32. The molecule has 0 atom stereocenters. The molecule has 1 amide bonds. The molecule has 0 saturated heterocycles. The molecule has 25 heavy (non-hydrogen) atoms. The fraction of sp³-hybridized carbons (Fsp3) is 0.235. The molecule has 0 radical (unpaired) electrons. The zero-order chi connectivity index (χ0) is 18.4. The van der Waals surface area contributed by atoms with E-state index < -0.39 is 24.3 Å². The predicted octanol–water partition coefficient (Wildman–Crippen LogP) is 4.28. The largest absolute Gasteiger partial charge is 0.435 e.